The average Bonchev–Trinajstić information content (AvgIpc) is 3.16. The number of esters is 1. The van der Waals surface area contributed by atoms with Gasteiger partial charge in [-0.25, -0.2) is 4.79 Å². The monoisotopic (exact) mass is 336 g/mol. The fourth-order valence-corrected chi connectivity index (χ4v) is 4.32. The lowest BCUT2D eigenvalue weighted by atomic mass is 9.90. The summed E-state index contributed by atoms with van der Waals surface area (Å²) < 4.78 is 12.0. The first-order valence-electron chi connectivity index (χ1n) is 7.69. The van der Waals surface area contributed by atoms with Crippen LogP contribution in [-0.2, 0) is 9.53 Å². The minimum Gasteiger partial charge on any atom is -0.497 e. The molecule has 2 unspecified atom stereocenters. The van der Waals surface area contributed by atoms with Crippen LogP contribution in [0.1, 0.15) is 22.5 Å². The lowest BCUT2D eigenvalue weighted by Crippen LogP contribution is -2.05. The maximum atomic E-state index is 12.1. The Bertz CT molecular complexity index is 890. The molecule has 0 bridgehead atoms. The van der Waals surface area contributed by atoms with E-state index >= 15 is 0 Å². The van der Waals surface area contributed by atoms with E-state index in [0.717, 1.165) is 16.2 Å². The van der Waals surface area contributed by atoms with Gasteiger partial charge in [-0.2, -0.15) is 0 Å². The SMILES string of the molecule is C=C1C(=O)OC(c2ccc(OC)cc2)C1c1cc2ccccc2s1. The van der Waals surface area contributed by atoms with Crippen LogP contribution in [0.25, 0.3) is 10.1 Å². The summed E-state index contributed by atoms with van der Waals surface area (Å²) in [5.41, 5.74) is 1.47. The molecular weight excluding hydrogens is 320 g/mol. The summed E-state index contributed by atoms with van der Waals surface area (Å²) >= 11 is 1.69. The van der Waals surface area contributed by atoms with Gasteiger partial charge in [-0.3, -0.25) is 0 Å². The second kappa shape index (κ2) is 5.80. The zero-order chi connectivity index (χ0) is 16.7. The molecule has 0 amide bonds. The van der Waals surface area contributed by atoms with E-state index < -0.39 is 0 Å². The molecule has 4 rings (SSSR count). The highest BCUT2D eigenvalue weighted by Gasteiger charge is 2.41. The summed E-state index contributed by atoms with van der Waals surface area (Å²) in [6.45, 7) is 3.98. The van der Waals surface area contributed by atoms with Crippen molar-refractivity contribution in [3.63, 3.8) is 0 Å². The van der Waals surface area contributed by atoms with Gasteiger partial charge in [0.05, 0.1) is 13.0 Å². The Morgan fingerprint density at radius 2 is 1.88 bits per heavy atom. The van der Waals surface area contributed by atoms with Crippen molar-refractivity contribution < 1.29 is 14.3 Å². The Hall–Kier alpha value is -2.59. The molecule has 1 saturated heterocycles. The highest BCUT2D eigenvalue weighted by Crippen LogP contribution is 2.48. The van der Waals surface area contributed by atoms with Gasteiger partial charge >= 0.3 is 5.97 Å². The van der Waals surface area contributed by atoms with Crippen molar-refractivity contribution in [2.75, 3.05) is 7.11 Å². The molecule has 0 saturated carbocycles. The third kappa shape index (κ3) is 2.39. The van der Waals surface area contributed by atoms with Gasteiger partial charge in [-0.15, -0.1) is 11.3 Å². The Morgan fingerprint density at radius 1 is 1.12 bits per heavy atom. The Morgan fingerprint density at radius 3 is 2.58 bits per heavy atom. The first kappa shape index (κ1) is 15.0. The molecule has 1 aliphatic heterocycles. The molecule has 0 N–H and O–H groups in total. The van der Waals surface area contributed by atoms with Crippen LogP contribution in [0.3, 0.4) is 0 Å². The number of hydrogen-bond donors (Lipinski definition) is 0. The highest BCUT2D eigenvalue weighted by atomic mass is 32.1. The van der Waals surface area contributed by atoms with Crippen molar-refractivity contribution in [3.8, 4) is 5.75 Å². The van der Waals surface area contributed by atoms with Gasteiger partial charge in [-0.1, -0.05) is 36.9 Å². The third-order valence-electron chi connectivity index (χ3n) is 4.37. The van der Waals surface area contributed by atoms with Gasteiger partial charge in [0.25, 0.3) is 0 Å². The number of carbonyl (C=O) groups excluding carboxylic acids is 1. The minimum absolute atomic E-state index is 0.150. The van der Waals surface area contributed by atoms with Gasteiger partial charge in [0.15, 0.2) is 0 Å². The number of hydrogen-bond acceptors (Lipinski definition) is 4. The normalized spacial score (nSPS) is 20.4. The van der Waals surface area contributed by atoms with Crippen molar-refractivity contribution in [3.05, 3.63) is 77.2 Å². The van der Waals surface area contributed by atoms with Crippen LogP contribution in [0.5, 0.6) is 5.75 Å². The molecule has 0 radical (unpaired) electrons. The Kier molecular flexibility index (Phi) is 3.62. The number of fused-ring (bicyclic) bond motifs is 1. The predicted octanol–water partition coefficient (Wildman–Crippen LogP) is 4.85. The summed E-state index contributed by atoms with van der Waals surface area (Å²) in [4.78, 5) is 13.2. The van der Waals surface area contributed by atoms with E-state index in [1.807, 2.05) is 36.4 Å². The number of methoxy groups -OCH3 is 1. The lowest BCUT2D eigenvalue weighted by molar-refractivity contribution is -0.139. The molecule has 0 spiro atoms. The molecule has 2 aromatic carbocycles. The van der Waals surface area contributed by atoms with E-state index in [2.05, 4.69) is 24.8 Å². The highest BCUT2D eigenvalue weighted by molar-refractivity contribution is 7.19. The van der Waals surface area contributed by atoms with Gasteiger partial charge in [-0.05, 0) is 35.2 Å². The van der Waals surface area contributed by atoms with Gasteiger partial charge in [0.1, 0.15) is 11.9 Å². The first-order valence-corrected chi connectivity index (χ1v) is 8.51. The van der Waals surface area contributed by atoms with Crippen molar-refractivity contribution >= 4 is 27.4 Å². The standard InChI is InChI=1S/C20H16O3S/c1-12-18(17-11-14-5-3-4-6-16(14)24-17)19(23-20(12)21)13-7-9-15(22-2)10-8-13/h3-11,18-19H,1H2,2H3. The predicted molar refractivity (Wildman–Crippen MR) is 95.5 cm³/mol. The Balaban J connectivity index is 1.77. The minimum atomic E-state index is -0.344. The average molecular weight is 336 g/mol. The lowest BCUT2D eigenvalue weighted by Gasteiger charge is -2.17. The number of ether oxygens (including phenoxy) is 2. The second-order valence-electron chi connectivity index (χ2n) is 5.79. The van der Waals surface area contributed by atoms with E-state index in [1.165, 1.54) is 10.1 Å². The molecule has 4 heteroatoms. The fraction of sp³-hybridized carbons (Fsp3) is 0.150. The molecule has 3 nitrogen and oxygen atoms in total. The second-order valence-corrected chi connectivity index (χ2v) is 6.90. The van der Waals surface area contributed by atoms with Crippen LogP contribution >= 0.6 is 11.3 Å². The van der Waals surface area contributed by atoms with Crippen molar-refractivity contribution in [1.82, 2.24) is 0 Å². The number of benzene rings is 2. The third-order valence-corrected chi connectivity index (χ3v) is 5.57. The zero-order valence-electron chi connectivity index (χ0n) is 13.2. The number of rotatable bonds is 3. The van der Waals surface area contributed by atoms with Crippen LogP contribution in [0, 0.1) is 0 Å². The molecule has 2 atom stereocenters. The van der Waals surface area contributed by atoms with Crippen LogP contribution < -0.4 is 4.74 Å². The van der Waals surface area contributed by atoms with Crippen LogP contribution in [0.15, 0.2) is 66.7 Å². The van der Waals surface area contributed by atoms with E-state index in [1.54, 1.807) is 18.4 Å². The molecule has 3 aromatic rings. The van der Waals surface area contributed by atoms with E-state index in [-0.39, 0.29) is 18.0 Å². The number of carbonyl (C=O) groups is 1. The van der Waals surface area contributed by atoms with E-state index in [0.29, 0.717) is 5.57 Å². The Labute approximate surface area is 144 Å². The number of thiophene rings is 1. The molecule has 2 heterocycles. The first-order chi connectivity index (χ1) is 11.7. The van der Waals surface area contributed by atoms with Crippen molar-refractivity contribution in [2.24, 2.45) is 0 Å². The molecule has 24 heavy (non-hydrogen) atoms. The van der Waals surface area contributed by atoms with Gasteiger partial charge in [0.2, 0.25) is 0 Å². The van der Waals surface area contributed by atoms with E-state index in [4.69, 9.17) is 9.47 Å². The summed E-state index contributed by atoms with van der Waals surface area (Å²) in [5.74, 6) is 0.307. The van der Waals surface area contributed by atoms with Gasteiger partial charge < -0.3 is 9.47 Å². The summed E-state index contributed by atoms with van der Waals surface area (Å²) in [6, 6.07) is 18.0. The van der Waals surface area contributed by atoms with E-state index in [9.17, 15) is 4.79 Å². The smallest absolute Gasteiger partial charge is 0.334 e. The van der Waals surface area contributed by atoms with Crippen molar-refractivity contribution in [2.45, 2.75) is 12.0 Å². The zero-order valence-corrected chi connectivity index (χ0v) is 14.0. The molecule has 1 fully saturated rings. The molecule has 1 aliphatic rings. The number of cyclic esters (lactones) is 1. The summed E-state index contributed by atoms with van der Waals surface area (Å²) in [7, 11) is 1.63. The van der Waals surface area contributed by atoms with Crippen LogP contribution in [-0.4, -0.2) is 13.1 Å². The maximum Gasteiger partial charge on any atom is 0.334 e. The van der Waals surface area contributed by atoms with Crippen LogP contribution in [0.2, 0.25) is 0 Å². The van der Waals surface area contributed by atoms with Crippen LogP contribution in [0.4, 0.5) is 0 Å². The molecular formula is C20H16O3S. The summed E-state index contributed by atoms with van der Waals surface area (Å²) in [5, 5.41) is 1.18. The van der Waals surface area contributed by atoms with Gasteiger partial charge in [0, 0.05) is 15.2 Å². The molecule has 1 aromatic heterocycles. The molecule has 0 aliphatic carbocycles. The van der Waals surface area contributed by atoms with Crippen molar-refractivity contribution in [1.29, 1.82) is 0 Å². The maximum absolute atomic E-state index is 12.1. The fourth-order valence-electron chi connectivity index (χ4n) is 3.10. The largest absolute Gasteiger partial charge is 0.497 e. The quantitative estimate of drug-likeness (QED) is 0.507. The summed E-state index contributed by atoms with van der Waals surface area (Å²) in [6.07, 6.45) is -0.344. The topological polar surface area (TPSA) is 35.5 Å². The molecule has 120 valence electrons.